The molecule has 0 bridgehead atoms. The molecule has 1 aliphatic heterocycles. The van der Waals surface area contributed by atoms with Gasteiger partial charge >= 0.3 is 12.2 Å². The number of carboxylic acid groups (broad SMARTS) is 3. The van der Waals surface area contributed by atoms with Crippen LogP contribution in [0.5, 0.6) is 0 Å². The molecule has 17 heteroatoms. The summed E-state index contributed by atoms with van der Waals surface area (Å²) in [6.45, 7) is -0.582. The molecule has 0 aromatic carbocycles. The number of likely N-dealkylation sites (N-methyl/N-ethyl adjacent to an activating group) is 4. The highest BCUT2D eigenvalue weighted by atomic mass is 16.4. The summed E-state index contributed by atoms with van der Waals surface area (Å²) in [5, 5.41) is 65.1. The van der Waals surface area contributed by atoms with Gasteiger partial charge in [-0.2, -0.15) is 18.6 Å². The molecule has 0 aliphatic carbocycles. The first-order valence-corrected chi connectivity index (χ1v) is 13.5. The molecule has 1 saturated heterocycles. The Morgan fingerprint density at radius 2 is 1.02 bits per heavy atom. The second kappa shape index (κ2) is 17.3. The first-order chi connectivity index (χ1) is 19.3. The molecule has 244 valence electrons. The lowest BCUT2D eigenvalue weighted by Gasteiger charge is -2.46. The molecule has 7 N–H and O–H groups in total. The molecule has 4 atom stereocenters. The summed E-state index contributed by atoms with van der Waals surface area (Å²) in [6.07, 6.45) is -2.59. The third-order valence-electron chi connectivity index (χ3n) is 7.12. The number of aliphatic hydroxyl groups is 4. The van der Waals surface area contributed by atoms with E-state index in [0.29, 0.717) is 25.9 Å². The number of aliphatic hydroxyl groups excluding tert-OH is 4. The fraction of sp³-hybridized carbons (Fsp3) is 0.800. The van der Waals surface area contributed by atoms with Crippen molar-refractivity contribution in [2.75, 3.05) is 94.0 Å². The lowest BCUT2D eigenvalue weighted by atomic mass is 10.1. The fourth-order valence-electron chi connectivity index (χ4n) is 4.98. The van der Waals surface area contributed by atoms with E-state index in [9.17, 15) is 39.6 Å². The molecule has 0 radical (unpaired) electrons. The van der Waals surface area contributed by atoms with E-state index in [2.05, 4.69) is 0 Å². The SMILES string of the molecule is CC(=O)O.CN(CC(O)CO)C(=O)C[N+](C)(C[N+]1(C[N+](C)(CC(=O)N(C)CC(O)CO)C(=O)O)CCCCC1)C(=O)O. The summed E-state index contributed by atoms with van der Waals surface area (Å²) >= 11 is 0. The van der Waals surface area contributed by atoms with Crippen molar-refractivity contribution in [1.29, 1.82) is 0 Å². The molecule has 4 unspecified atom stereocenters. The fourth-order valence-corrected chi connectivity index (χ4v) is 4.98. The van der Waals surface area contributed by atoms with Crippen LogP contribution in [-0.4, -0.2) is 195 Å². The minimum atomic E-state index is -1.28. The number of rotatable bonds is 14. The van der Waals surface area contributed by atoms with Crippen LogP contribution in [0, 0.1) is 0 Å². The van der Waals surface area contributed by atoms with Crippen molar-refractivity contribution in [3.8, 4) is 0 Å². The smallest absolute Gasteiger partial charge is 0.481 e. The van der Waals surface area contributed by atoms with Gasteiger partial charge < -0.3 is 45.5 Å². The summed E-state index contributed by atoms with van der Waals surface area (Å²) < 4.78 is -1.43. The zero-order valence-corrected chi connectivity index (χ0v) is 25.3. The third kappa shape index (κ3) is 12.9. The highest BCUT2D eigenvalue weighted by Crippen LogP contribution is 2.26. The minimum absolute atomic E-state index is 0.0537. The number of hydrogen-bond acceptors (Lipinski definition) is 9. The van der Waals surface area contributed by atoms with Gasteiger partial charge in [0, 0.05) is 34.1 Å². The number of nitrogens with zero attached hydrogens (tertiary/aromatic N) is 5. The van der Waals surface area contributed by atoms with Gasteiger partial charge in [0.15, 0.2) is 13.1 Å². The Morgan fingerprint density at radius 1 is 0.714 bits per heavy atom. The van der Waals surface area contributed by atoms with Crippen molar-refractivity contribution in [3.05, 3.63) is 0 Å². The van der Waals surface area contributed by atoms with Gasteiger partial charge in [-0.05, 0) is 19.3 Å². The largest absolute Gasteiger partial charge is 0.518 e. The molecule has 0 saturated carbocycles. The molecular formula is C25H50N5O12+3. The van der Waals surface area contributed by atoms with Crippen LogP contribution < -0.4 is 0 Å². The molecule has 17 nitrogen and oxygen atoms in total. The number of aliphatic carboxylic acids is 1. The molecular weight excluding hydrogens is 562 g/mol. The maximum absolute atomic E-state index is 12.8. The molecule has 42 heavy (non-hydrogen) atoms. The van der Waals surface area contributed by atoms with E-state index < -0.39 is 77.4 Å². The van der Waals surface area contributed by atoms with Crippen LogP contribution in [0.4, 0.5) is 9.59 Å². The number of carboxylic acids is 1. The van der Waals surface area contributed by atoms with Crippen LogP contribution in [0.25, 0.3) is 0 Å². The normalized spacial score (nSPS) is 18.6. The summed E-state index contributed by atoms with van der Waals surface area (Å²) in [5.74, 6) is -1.96. The molecule has 1 aliphatic rings. The van der Waals surface area contributed by atoms with E-state index in [1.807, 2.05) is 0 Å². The lowest BCUT2D eigenvalue weighted by Crippen LogP contribution is -2.72. The predicted molar refractivity (Wildman–Crippen MR) is 147 cm³/mol. The Hall–Kier alpha value is -2.93. The molecule has 0 aromatic heterocycles. The highest BCUT2D eigenvalue weighted by molar-refractivity contribution is 5.79. The van der Waals surface area contributed by atoms with Gasteiger partial charge in [-0.3, -0.25) is 14.4 Å². The van der Waals surface area contributed by atoms with Crippen LogP contribution in [0.15, 0.2) is 0 Å². The Labute approximate surface area is 245 Å². The van der Waals surface area contributed by atoms with Crippen LogP contribution in [0.3, 0.4) is 0 Å². The van der Waals surface area contributed by atoms with Gasteiger partial charge in [-0.1, -0.05) is 0 Å². The minimum Gasteiger partial charge on any atom is -0.481 e. The zero-order chi connectivity index (χ0) is 32.9. The van der Waals surface area contributed by atoms with Crippen LogP contribution in [-0.2, 0) is 14.4 Å². The Bertz CT molecular complexity index is 867. The maximum Gasteiger partial charge on any atom is 0.518 e. The van der Waals surface area contributed by atoms with Crippen molar-refractivity contribution < 1.29 is 73.2 Å². The van der Waals surface area contributed by atoms with Crippen LogP contribution >= 0.6 is 0 Å². The van der Waals surface area contributed by atoms with E-state index in [4.69, 9.17) is 20.1 Å². The van der Waals surface area contributed by atoms with Gasteiger partial charge in [-0.25, -0.2) is 4.48 Å². The molecule has 1 fully saturated rings. The Balaban J connectivity index is 0.00000393. The number of piperidine rings is 1. The second-order valence-corrected chi connectivity index (χ2v) is 11.5. The van der Waals surface area contributed by atoms with Crippen molar-refractivity contribution in [2.24, 2.45) is 0 Å². The molecule has 1 rings (SSSR count). The Morgan fingerprint density at radius 3 is 1.29 bits per heavy atom. The maximum atomic E-state index is 12.8. The van der Waals surface area contributed by atoms with E-state index in [-0.39, 0.29) is 30.9 Å². The Kier molecular flexibility index (Phi) is 16.0. The average Bonchev–Trinajstić information content (AvgIpc) is 2.87. The standard InChI is InChI=1S/C23H44N5O10.C2H4O2/c1-24(10-18(31)14-29)20(33)12-26(3,22(35)36)16-28(8-6-5-7-9-28)17-27(4,23(37)38)13-21(34)25(2)11-19(32)15-30;1-2(3)4/h18-19,29-32H,5-17H2,1-4H3;1H3,(H,3,4)/q+1;/p+2. The zero-order valence-electron chi connectivity index (χ0n) is 25.3. The van der Waals surface area contributed by atoms with Gasteiger partial charge in [0.25, 0.3) is 17.8 Å². The van der Waals surface area contributed by atoms with Crippen molar-refractivity contribution in [2.45, 2.75) is 38.4 Å². The summed E-state index contributed by atoms with van der Waals surface area (Å²) in [7, 11) is 5.55. The first-order valence-electron chi connectivity index (χ1n) is 13.5. The molecule has 4 amide bonds. The van der Waals surface area contributed by atoms with Gasteiger partial charge in [-0.15, -0.1) is 0 Å². The van der Waals surface area contributed by atoms with Crippen LogP contribution in [0.2, 0.25) is 0 Å². The van der Waals surface area contributed by atoms with Crippen molar-refractivity contribution in [3.63, 3.8) is 0 Å². The number of amides is 4. The third-order valence-corrected chi connectivity index (χ3v) is 7.12. The second-order valence-electron chi connectivity index (χ2n) is 11.5. The van der Waals surface area contributed by atoms with E-state index >= 15 is 0 Å². The van der Waals surface area contributed by atoms with E-state index in [1.165, 1.54) is 28.2 Å². The topological polar surface area (TPSA) is 233 Å². The summed E-state index contributed by atoms with van der Waals surface area (Å²) in [6, 6.07) is 0. The number of hydrogen-bond donors (Lipinski definition) is 7. The van der Waals surface area contributed by atoms with Gasteiger partial charge in [0.05, 0.1) is 52.6 Å². The molecule has 1 heterocycles. The number of quaternary nitrogens is 3. The first kappa shape index (κ1) is 39.1. The molecule has 0 spiro atoms. The highest BCUT2D eigenvalue weighted by Gasteiger charge is 2.51. The predicted octanol–water partition coefficient (Wildman–Crippen LogP) is -2.13. The lowest BCUT2D eigenvalue weighted by molar-refractivity contribution is -1.13. The van der Waals surface area contributed by atoms with Crippen LogP contribution in [0.1, 0.15) is 26.2 Å². The van der Waals surface area contributed by atoms with Gasteiger partial charge in [0.1, 0.15) is 0 Å². The van der Waals surface area contributed by atoms with E-state index in [0.717, 1.165) is 23.1 Å². The monoisotopic (exact) mass is 612 g/mol. The summed E-state index contributed by atoms with van der Waals surface area (Å²) in [4.78, 5) is 61.9. The summed E-state index contributed by atoms with van der Waals surface area (Å²) in [5.41, 5.74) is 0. The number of carbonyl (C=O) groups is 5. The van der Waals surface area contributed by atoms with Gasteiger partial charge in [0.2, 0.25) is 13.3 Å². The van der Waals surface area contributed by atoms with Crippen molar-refractivity contribution in [1.82, 2.24) is 9.80 Å². The average molecular weight is 613 g/mol. The van der Waals surface area contributed by atoms with Crippen molar-refractivity contribution >= 4 is 30.0 Å². The molecule has 0 aromatic rings. The quantitative estimate of drug-likeness (QED) is 0.104. The number of carbonyl (C=O) groups excluding carboxylic acids is 2. The van der Waals surface area contributed by atoms with E-state index in [1.54, 1.807) is 0 Å². The number of likely N-dealkylation sites (tertiary alicyclic amines) is 1.